The molecule has 1 aromatic rings. The van der Waals surface area contributed by atoms with E-state index in [0.29, 0.717) is 10.7 Å². The summed E-state index contributed by atoms with van der Waals surface area (Å²) in [6, 6.07) is 6.84. The second kappa shape index (κ2) is 5.86. The van der Waals surface area contributed by atoms with Crippen LogP contribution in [-0.4, -0.2) is 4.83 Å². The Labute approximate surface area is 109 Å². The maximum Gasteiger partial charge on any atom is 0.0151 e. The van der Waals surface area contributed by atoms with Gasteiger partial charge >= 0.3 is 0 Å². The standard InChI is InChI=1S/C15H23Br/c1-10(2)15(13(5)16)9-14-7-6-11(3)12(4)8-14/h6-8,10,13,15H,9H2,1-5H3. The van der Waals surface area contributed by atoms with Crippen molar-refractivity contribution in [1.82, 2.24) is 0 Å². The fourth-order valence-electron chi connectivity index (χ4n) is 2.13. The number of rotatable bonds is 4. The van der Waals surface area contributed by atoms with E-state index in [1.165, 1.54) is 23.1 Å². The summed E-state index contributed by atoms with van der Waals surface area (Å²) in [4.78, 5) is 0.578. The van der Waals surface area contributed by atoms with E-state index in [1.807, 2.05) is 0 Å². The van der Waals surface area contributed by atoms with Crippen molar-refractivity contribution in [1.29, 1.82) is 0 Å². The molecule has 16 heavy (non-hydrogen) atoms. The monoisotopic (exact) mass is 282 g/mol. The molecule has 0 nitrogen and oxygen atoms in total. The molecule has 0 saturated heterocycles. The van der Waals surface area contributed by atoms with Gasteiger partial charge in [0.15, 0.2) is 0 Å². The molecule has 0 N–H and O–H groups in total. The van der Waals surface area contributed by atoms with Gasteiger partial charge in [-0.25, -0.2) is 0 Å². The molecule has 0 aliphatic heterocycles. The molecule has 0 bridgehead atoms. The third-order valence-electron chi connectivity index (χ3n) is 3.49. The van der Waals surface area contributed by atoms with Crippen molar-refractivity contribution in [2.45, 2.75) is 45.9 Å². The fourth-order valence-corrected chi connectivity index (χ4v) is 2.93. The van der Waals surface area contributed by atoms with Crippen molar-refractivity contribution >= 4 is 15.9 Å². The molecular formula is C15H23Br. The third kappa shape index (κ3) is 3.62. The van der Waals surface area contributed by atoms with E-state index in [4.69, 9.17) is 0 Å². The Hall–Kier alpha value is -0.300. The Morgan fingerprint density at radius 1 is 1.06 bits per heavy atom. The average Bonchev–Trinajstić information content (AvgIpc) is 2.18. The van der Waals surface area contributed by atoms with Crippen LogP contribution in [0.15, 0.2) is 18.2 Å². The lowest BCUT2D eigenvalue weighted by Gasteiger charge is -2.24. The number of hydrogen-bond acceptors (Lipinski definition) is 0. The highest BCUT2D eigenvalue weighted by molar-refractivity contribution is 9.09. The number of halogens is 1. The van der Waals surface area contributed by atoms with E-state index in [0.717, 1.165) is 5.92 Å². The van der Waals surface area contributed by atoms with Crippen LogP contribution >= 0.6 is 15.9 Å². The van der Waals surface area contributed by atoms with Crippen LogP contribution in [0.3, 0.4) is 0 Å². The predicted molar refractivity (Wildman–Crippen MR) is 76.3 cm³/mol. The number of alkyl halides is 1. The first-order valence-corrected chi connectivity index (χ1v) is 7.03. The topological polar surface area (TPSA) is 0 Å². The van der Waals surface area contributed by atoms with E-state index >= 15 is 0 Å². The second-order valence-electron chi connectivity index (χ2n) is 5.21. The SMILES string of the molecule is Cc1ccc(CC(C(C)C)C(C)Br)cc1C. The van der Waals surface area contributed by atoms with Crippen LogP contribution in [-0.2, 0) is 6.42 Å². The van der Waals surface area contributed by atoms with E-state index in [1.54, 1.807) is 0 Å². The lowest BCUT2D eigenvalue weighted by atomic mass is 9.86. The molecule has 0 aliphatic rings. The van der Waals surface area contributed by atoms with Crippen LogP contribution < -0.4 is 0 Å². The molecule has 0 fully saturated rings. The summed E-state index contributed by atoms with van der Waals surface area (Å²) in [6.07, 6.45) is 1.17. The van der Waals surface area contributed by atoms with Gasteiger partial charge in [-0.05, 0) is 48.8 Å². The van der Waals surface area contributed by atoms with Gasteiger partial charge in [0.1, 0.15) is 0 Å². The molecule has 2 atom stereocenters. The molecule has 1 heteroatoms. The van der Waals surface area contributed by atoms with E-state index in [9.17, 15) is 0 Å². The normalized spacial score (nSPS) is 15.2. The first kappa shape index (κ1) is 13.8. The molecule has 1 rings (SSSR count). The Kier molecular flexibility index (Phi) is 5.04. The quantitative estimate of drug-likeness (QED) is 0.689. The van der Waals surface area contributed by atoms with Crippen molar-refractivity contribution in [2.24, 2.45) is 11.8 Å². The van der Waals surface area contributed by atoms with Gasteiger partial charge in [-0.2, -0.15) is 0 Å². The number of aryl methyl sites for hydroxylation is 2. The zero-order valence-corrected chi connectivity index (χ0v) is 12.6. The third-order valence-corrected chi connectivity index (χ3v) is 4.17. The summed E-state index contributed by atoms with van der Waals surface area (Å²) >= 11 is 3.73. The smallest absolute Gasteiger partial charge is 0.0151 e. The molecular weight excluding hydrogens is 260 g/mol. The molecule has 0 aromatic heterocycles. The van der Waals surface area contributed by atoms with Crippen molar-refractivity contribution in [2.75, 3.05) is 0 Å². The highest BCUT2D eigenvalue weighted by Crippen LogP contribution is 2.26. The van der Waals surface area contributed by atoms with Crippen LogP contribution in [0.5, 0.6) is 0 Å². The van der Waals surface area contributed by atoms with Crippen molar-refractivity contribution in [3.63, 3.8) is 0 Å². The molecule has 0 aliphatic carbocycles. The van der Waals surface area contributed by atoms with Gasteiger partial charge in [0.25, 0.3) is 0 Å². The summed E-state index contributed by atoms with van der Waals surface area (Å²) in [5.41, 5.74) is 4.26. The van der Waals surface area contributed by atoms with Crippen LogP contribution in [0.25, 0.3) is 0 Å². The lowest BCUT2D eigenvalue weighted by molar-refractivity contribution is 0.383. The Bertz CT molecular complexity index is 331. The van der Waals surface area contributed by atoms with E-state index in [-0.39, 0.29) is 0 Å². The van der Waals surface area contributed by atoms with Crippen molar-refractivity contribution in [3.05, 3.63) is 34.9 Å². The Balaban J connectivity index is 2.81. The molecule has 0 spiro atoms. The predicted octanol–water partition coefficient (Wildman–Crippen LogP) is 4.90. The number of hydrogen-bond donors (Lipinski definition) is 0. The minimum Gasteiger partial charge on any atom is -0.0890 e. The summed E-state index contributed by atoms with van der Waals surface area (Å²) in [7, 11) is 0. The Morgan fingerprint density at radius 2 is 1.69 bits per heavy atom. The van der Waals surface area contributed by atoms with Gasteiger partial charge in [-0.1, -0.05) is 54.9 Å². The first-order valence-electron chi connectivity index (χ1n) is 6.12. The molecule has 0 amide bonds. The minimum atomic E-state index is 0.578. The molecule has 0 heterocycles. The van der Waals surface area contributed by atoms with Gasteiger partial charge in [-0.3, -0.25) is 0 Å². The summed E-state index contributed by atoms with van der Waals surface area (Å²) in [5.74, 6) is 1.43. The number of benzene rings is 1. The lowest BCUT2D eigenvalue weighted by Crippen LogP contribution is -2.20. The summed E-state index contributed by atoms with van der Waals surface area (Å²) in [6.45, 7) is 11.2. The maximum absolute atomic E-state index is 3.73. The minimum absolute atomic E-state index is 0.578. The van der Waals surface area contributed by atoms with Gasteiger partial charge in [0, 0.05) is 4.83 Å². The zero-order valence-electron chi connectivity index (χ0n) is 11.0. The van der Waals surface area contributed by atoms with Crippen LogP contribution in [0.1, 0.15) is 37.5 Å². The highest BCUT2D eigenvalue weighted by atomic mass is 79.9. The average molecular weight is 283 g/mol. The Morgan fingerprint density at radius 3 is 2.12 bits per heavy atom. The van der Waals surface area contributed by atoms with Crippen LogP contribution in [0, 0.1) is 25.7 Å². The van der Waals surface area contributed by atoms with Gasteiger partial charge in [0.05, 0.1) is 0 Å². The summed E-state index contributed by atoms with van der Waals surface area (Å²) in [5, 5.41) is 0. The molecule has 1 aromatic carbocycles. The maximum atomic E-state index is 3.73. The van der Waals surface area contributed by atoms with Gasteiger partial charge in [0.2, 0.25) is 0 Å². The van der Waals surface area contributed by atoms with E-state index in [2.05, 4.69) is 68.7 Å². The highest BCUT2D eigenvalue weighted by Gasteiger charge is 2.19. The van der Waals surface area contributed by atoms with E-state index < -0.39 is 0 Å². The fraction of sp³-hybridized carbons (Fsp3) is 0.600. The largest absolute Gasteiger partial charge is 0.0890 e. The van der Waals surface area contributed by atoms with Crippen LogP contribution in [0.2, 0.25) is 0 Å². The zero-order chi connectivity index (χ0) is 12.3. The van der Waals surface area contributed by atoms with Gasteiger partial charge in [-0.15, -0.1) is 0 Å². The van der Waals surface area contributed by atoms with Crippen molar-refractivity contribution < 1.29 is 0 Å². The molecule has 0 radical (unpaired) electrons. The van der Waals surface area contributed by atoms with Gasteiger partial charge < -0.3 is 0 Å². The molecule has 2 unspecified atom stereocenters. The van der Waals surface area contributed by atoms with Crippen LogP contribution in [0.4, 0.5) is 0 Å². The molecule has 90 valence electrons. The molecule has 0 saturated carbocycles. The second-order valence-corrected chi connectivity index (χ2v) is 6.65. The first-order chi connectivity index (χ1) is 7.41. The summed E-state index contributed by atoms with van der Waals surface area (Å²) < 4.78 is 0. The van der Waals surface area contributed by atoms with Crippen molar-refractivity contribution in [3.8, 4) is 0 Å².